The van der Waals surface area contributed by atoms with E-state index in [1.54, 1.807) is 4.90 Å². The maximum absolute atomic E-state index is 13.6. The van der Waals surface area contributed by atoms with Crippen LogP contribution >= 0.6 is 0 Å². The van der Waals surface area contributed by atoms with Crippen LogP contribution in [0.1, 0.15) is 52.0 Å². The van der Waals surface area contributed by atoms with Gasteiger partial charge in [0.2, 0.25) is 17.7 Å². The monoisotopic (exact) mass is 677 g/mol. The predicted octanol–water partition coefficient (Wildman–Crippen LogP) is 3.32. The van der Waals surface area contributed by atoms with Crippen molar-refractivity contribution in [3.05, 3.63) is 54.1 Å². The van der Waals surface area contributed by atoms with Crippen molar-refractivity contribution in [2.45, 2.75) is 65.6 Å². The van der Waals surface area contributed by atoms with Crippen LogP contribution in [-0.2, 0) is 41.7 Å². The molecule has 49 heavy (non-hydrogen) atoms. The van der Waals surface area contributed by atoms with Crippen LogP contribution in [0.5, 0.6) is 0 Å². The molecule has 1 aliphatic rings. The molecule has 0 atom stereocenters. The summed E-state index contributed by atoms with van der Waals surface area (Å²) >= 11 is 0. The summed E-state index contributed by atoms with van der Waals surface area (Å²) < 4.78 is 18.8. The fourth-order valence-electron chi connectivity index (χ4n) is 5.36. The molecule has 3 aromatic rings. The molecule has 0 fully saturated rings. The Morgan fingerprint density at radius 2 is 1.49 bits per heavy atom. The third-order valence-electron chi connectivity index (χ3n) is 7.94. The van der Waals surface area contributed by atoms with Crippen LogP contribution in [0.15, 0.2) is 48.5 Å². The minimum absolute atomic E-state index is 0.0489. The van der Waals surface area contributed by atoms with Gasteiger partial charge in [0.05, 0.1) is 70.7 Å². The summed E-state index contributed by atoms with van der Waals surface area (Å²) in [6.07, 6.45) is 2.16. The second-order valence-corrected chi connectivity index (χ2v) is 12.1. The van der Waals surface area contributed by atoms with Gasteiger partial charge in [-0.2, -0.15) is 0 Å². The number of unbranched alkanes of at least 4 members (excludes halogenated alkanes) is 1. The number of hydrogen-bond donors (Lipinski definition) is 3. The molecule has 0 saturated carbocycles. The van der Waals surface area contributed by atoms with Crippen molar-refractivity contribution in [1.82, 2.24) is 30.9 Å². The molecule has 0 bridgehead atoms. The van der Waals surface area contributed by atoms with Gasteiger partial charge in [-0.1, -0.05) is 74.9 Å². The van der Waals surface area contributed by atoms with Gasteiger partial charge < -0.3 is 35.1 Å². The molecule has 3 amide bonds. The fraction of sp³-hybridized carbons (Fsp3) is 0.528. The summed E-state index contributed by atoms with van der Waals surface area (Å²) in [7, 11) is 0. The van der Waals surface area contributed by atoms with Gasteiger partial charge in [-0.25, -0.2) is 4.68 Å². The Hall–Kier alpha value is -4.17. The van der Waals surface area contributed by atoms with E-state index >= 15 is 0 Å². The molecule has 13 nitrogen and oxygen atoms in total. The highest BCUT2D eigenvalue weighted by molar-refractivity contribution is 6.01. The molecule has 0 spiro atoms. The standard InChI is InChI=1S/C36H51N7O6/c1-4-5-16-37-32(44)14-15-34(46)42-26-28-10-6-7-11-29(28)36-35(30-12-8-9-13-31(30)42)40-41-43(36)18-20-48-22-24-49-23-21-47-19-17-38-33(45)25-39-27(2)3/h6-13,27,39H,4-5,14-26H2,1-3H3,(H,37,44)(H,38,45). The van der Waals surface area contributed by atoms with Crippen LogP contribution in [0.4, 0.5) is 5.69 Å². The number of carbonyl (C=O) groups is 3. The van der Waals surface area contributed by atoms with Crippen LogP contribution in [0.25, 0.3) is 22.5 Å². The first-order valence-corrected chi connectivity index (χ1v) is 17.3. The van der Waals surface area contributed by atoms with Gasteiger partial charge >= 0.3 is 0 Å². The Labute approximate surface area is 289 Å². The van der Waals surface area contributed by atoms with Crippen LogP contribution in [0.2, 0.25) is 0 Å². The van der Waals surface area contributed by atoms with Crippen molar-refractivity contribution in [2.75, 3.05) is 64.2 Å². The van der Waals surface area contributed by atoms with Crippen LogP contribution < -0.4 is 20.9 Å². The Bertz CT molecular complexity index is 1490. The number of ether oxygens (including phenoxy) is 3. The van der Waals surface area contributed by atoms with E-state index in [2.05, 4.69) is 33.2 Å². The van der Waals surface area contributed by atoms with E-state index < -0.39 is 0 Å². The number of amides is 3. The highest BCUT2D eigenvalue weighted by atomic mass is 16.5. The molecule has 13 heteroatoms. The smallest absolute Gasteiger partial charge is 0.234 e. The molecule has 1 aromatic heterocycles. The summed E-state index contributed by atoms with van der Waals surface area (Å²) in [5.41, 5.74) is 5.01. The maximum Gasteiger partial charge on any atom is 0.234 e. The molecule has 4 rings (SSSR count). The van der Waals surface area contributed by atoms with Gasteiger partial charge in [0, 0.05) is 43.1 Å². The summed E-state index contributed by atoms with van der Waals surface area (Å²) in [4.78, 5) is 39.4. The molecular weight excluding hydrogens is 626 g/mol. The number of anilines is 1. The van der Waals surface area contributed by atoms with Crippen molar-refractivity contribution in [1.29, 1.82) is 0 Å². The average Bonchev–Trinajstić information content (AvgIpc) is 3.51. The average molecular weight is 678 g/mol. The van der Waals surface area contributed by atoms with Crippen molar-refractivity contribution in [3.63, 3.8) is 0 Å². The first-order valence-electron chi connectivity index (χ1n) is 17.3. The molecule has 0 unspecified atom stereocenters. The Balaban J connectivity index is 1.28. The van der Waals surface area contributed by atoms with Gasteiger partial charge in [-0.15, -0.1) is 5.10 Å². The second kappa shape index (κ2) is 20.4. The first-order chi connectivity index (χ1) is 23.9. The van der Waals surface area contributed by atoms with Crippen molar-refractivity contribution >= 4 is 23.4 Å². The van der Waals surface area contributed by atoms with Gasteiger partial charge in [-0.3, -0.25) is 14.4 Å². The number of aromatic nitrogens is 3. The minimum atomic E-state index is -0.121. The Morgan fingerprint density at radius 1 is 0.816 bits per heavy atom. The largest absolute Gasteiger partial charge is 0.377 e. The first kappa shape index (κ1) is 37.6. The zero-order chi connectivity index (χ0) is 34.8. The fourth-order valence-corrected chi connectivity index (χ4v) is 5.36. The molecule has 3 N–H and O–H groups in total. The predicted molar refractivity (Wildman–Crippen MR) is 188 cm³/mol. The second-order valence-electron chi connectivity index (χ2n) is 12.1. The lowest BCUT2D eigenvalue weighted by Gasteiger charge is -2.28. The molecule has 2 heterocycles. The van der Waals surface area contributed by atoms with E-state index in [0.717, 1.165) is 40.9 Å². The zero-order valence-electron chi connectivity index (χ0n) is 29.0. The lowest BCUT2D eigenvalue weighted by Crippen LogP contribution is -2.38. The summed E-state index contributed by atoms with van der Waals surface area (Å²) in [6.45, 7) is 10.8. The van der Waals surface area contributed by atoms with Crippen molar-refractivity contribution < 1.29 is 28.6 Å². The number of nitrogens with zero attached hydrogens (tertiary/aromatic N) is 4. The minimum Gasteiger partial charge on any atom is -0.377 e. The quantitative estimate of drug-likeness (QED) is 0.144. The van der Waals surface area contributed by atoms with Gasteiger partial charge in [0.25, 0.3) is 0 Å². The van der Waals surface area contributed by atoms with E-state index in [1.165, 1.54) is 0 Å². The lowest BCUT2D eigenvalue weighted by atomic mass is 9.95. The number of fused-ring (bicyclic) bond motifs is 5. The molecule has 266 valence electrons. The number of nitrogens with one attached hydrogen (secondary N) is 3. The topological polar surface area (TPSA) is 149 Å². The molecule has 0 radical (unpaired) electrons. The lowest BCUT2D eigenvalue weighted by molar-refractivity contribution is -0.125. The third-order valence-corrected chi connectivity index (χ3v) is 7.94. The van der Waals surface area contributed by atoms with Crippen LogP contribution in [0.3, 0.4) is 0 Å². The van der Waals surface area contributed by atoms with E-state index in [9.17, 15) is 14.4 Å². The third kappa shape index (κ3) is 11.7. The van der Waals surface area contributed by atoms with Gasteiger partial charge in [0.15, 0.2) is 0 Å². The normalized spacial score (nSPS) is 12.1. The van der Waals surface area contributed by atoms with E-state index in [4.69, 9.17) is 14.2 Å². The summed E-state index contributed by atoms with van der Waals surface area (Å²) in [5.74, 6) is -0.281. The zero-order valence-corrected chi connectivity index (χ0v) is 29.0. The SMILES string of the molecule is CCCCNC(=O)CCC(=O)N1Cc2ccccc2-c2c(nnn2CCOCCOCCOCCNC(=O)CNC(C)C)-c2ccccc21. The van der Waals surface area contributed by atoms with Crippen LogP contribution in [0, 0.1) is 0 Å². The number of hydrogen-bond acceptors (Lipinski definition) is 9. The number of carbonyl (C=O) groups excluding carboxylic acids is 3. The number of benzene rings is 2. The highest BCUT2D eigenvalue weighted by Crippen LogP contribution is 2.41. The number of para-hydroxylation sites is 1. The molecular formula is C36H51N7O6. The Kier molecular flexibility index (Phi) is 15.6. The summed E-state index contributed by atoms with van der Waals surface area (Å²) in [5, 5.41) is 17.9. The Morgan fingerprint density at radius 3 is 2.24 bits per heavy atom. The highest BCUT2D eigenvalue weighted by Gasteiger charge is 2.29. The van der Waals surface area contributed by atoms with Crippen molar-refractivity contribution in [3.8, 4) is 22.5 Å². The number of rotatable bonds is 21. The molecule has 0 saturated heterocycles. The maximum atomic E-state index is 13.6. The van der Waals surface area contributed by atoms with Crippen molar-refractivity contribution in [2.24, 2.45) is 0 Å². The van der Waals surface area contributed by atoms with E-state index in [-0.39, 0.29) is 36.6 Å². The van der Waals surface area contributed by atoms with Crippen LogP contribution in [-0.4, -0.2) is 98.0 Å². The molecule has 2 aromatic carbocycles. The summed E-state index contributed by atoms with van der Waals surface area (Å²) in [6, 6.07) is 16.0. The molecule has 1 aliphatic heterocycles. The van der Waals surface area contributed by atoms with Gasteiger partial charge in [-0.05, 0) is 18.1 Å². The van der Waals surface area contributed by atoms with Gasteiger partial charge in [0.1, 0.15) is 5.69 Å². The van der Waals surface area contributed by atoms with E-state index in [0.29, 0.717) is 78.1 Å². The van der Waals surface area contributed by atoms with E-state index in [1.807, 2.05) is 67.1 Å². The molecule has 0 aliphatic carbocycles.